The Morgan fingerprint density at radius 3 is 2.92 bits per heavy atom. The van der Waals surface area contributed by atoms with E-state index in [1.165, 1.54) is 0 Å². The summed E-state index contributed by atoms with van der Waals surface area (Å²) in [5.74, 6) is 0.389. The standard InChI is InChI=1S/C17H16N4O3/c1-10-9-24-16-14-11(15(22)21(10)16)5-4-6-12(14)19-17(23)20-13-7-2-3-8-18-13/h2-8,10,16H,9H2,1H3,(H2,18,19,20,23). The Hall–Kier alpha value is -2.93. The van der Waals surface area contributed by atoms with Gasteiger partial charge in [0.05, 0.1) is 18.3 Å². The summed E-state index contributed by atoms with van der Waals surface area (Å²) in [6, 6.07) is 10.1. The van der Waals surface area contributed by atoms with Gasteiger partial charge in [0.2, 0.25) is 0 Å². The molecule has 3 amide bonds. The van der Waals surface area contributed by atoms with Crippen molar-refractivity contribution in [1.29, 1.82) is 0 Å². The topological polar surface area (TPSA) is 83.6 Å². The van der Waals surface area contributed by atoms with Crippen molar-refractivity contribution in [2.24, 2.45) is 0 Å². The van der Waals surface area contributed by atoms with Crippen LogP contribution >= 0.6 is 0 Å². The molecule has 3 heterocycles. The third kappa shape index (κ3) is 2.30. The lowest BCUT2D eigenvalue weighted by molar-refractivity contribution is 0.0361. The molecular formula is C17H16N4O3. The minimum Gasteiger partial charge on any atom is -0.352 e. The fraction of sp³-hybridized carbons (Fsp3) is 0.235. The van der Waals surface area contributed by atoms with E-state index in [0.29, 0.717) is 29.2 Å². The molecule has 2 aliphatic rings. The van der Waals surface area contributed by atoms with Crippen molar-refractivity contribution >= 4 is 23.4 Å². The molecule has 2 unspecified atom stereocenters. The zero-order valence-electron chi connectivity index (χ0n) is 13.0. The highest BCUT2D eigenvalue weighted by molar-refractivity contribution is 6.04. The number of nitrogens with zero attached hydrogens (tertiary/aromatic N) is 2. The molecule has 1 aromatic heterocycles. The average Bonchev–Trinajstić information content (AvgIpc) is 3.09. The number of nitrogens with one attached hydrogen (secondary N) is 2. The van der Waals surface area contributed by atoms with E-state index in [1.807, 2.05) is 6.92 Å². The highest BCUT2D eigenvalue weighted by Gasteiger charge is 2.45. The van der Waals surface area contributed by atoms with E-state index in [9.17, 15) is 9.59 Å². The Kier molecular flexibility index (Phi) is 3.42. The molecule has 0 radical (unpaired) electrons. The molecule has 2 N–H and O–H groups in total. The van der Waals surface area contributed by atoms with E-state index in [4.69, 9.17) is 4.74 Å². The molecule has 7 nitrogen and oxygen atoms in total. The first-order valence-corrected chi connectivity index (χ1v) is 7.71. The SMILES string of the molecule is CC1COC2c3c(NC(=O)Nc4ccccn4)cccc3C(=O)N12. The van der Waals surface area contributed by atoms with Gasteiger partial charge in [-0.2, -0.15) is 0 Å². The van der Waals surface area contributed by atoms with Crippen LogP contribution in [0.15, 0.2) is 42.6 Å². The normalized spacial score (nSPS) is 21.4. The van der Waals surface area contributed by atoms with Gasteiger partial charge >= 0.3 is 6.03 Å². The molecule has 7 heteroatoms. The monoisotopic (exact) mass is 324 g/mol. The van der Waals surface area contributed by atoms with Crippen LogP contribution in [0.1, 0.15) is 29.1 Å². The van der Waals surface area contributed by atoms with Crippen LogP contribution in [-0.4, -0.2) is 34.5 Å². The van der Waals surface area contributed by atoms with E-state index < -0.39 is 12.3 Å². The van der Waals surface area contributed by atoms with E-state index in [-0.39, 0.29) is 11.9 Å². The molecule has 4 rings (SSSR count). The average molecular weight is 324 g/mol. The second kappa shape index (κ2) is 5.61. The summed E-state index contributed by atoms with van der Waals surface area (Å²) in [6.45, 7) is 2.44. The van der Waals surface area contributed by atoms with Crippen LogP contribution < -0.4 is 10.6 Å². The maximum atomic E-state index is 12.5. The number of carbonyl (C=O) groups excluding carboxylic acids is 2. The van der Waals surface area contributed by atoms with Crippen molar-refractivity contribution in [3.8, 4) is 0 Å². The second-order valence-electron chi connectivity index (χ2n) is 5.81. The maximum absolute atomic E-state index is 12.5. The Bertz CT molecular complexity index is 809. The van der Waals surface area contributed by atoms with Gasteiger partial charge in [-0.1, -0.05) is 12.1 Å². The second-order valence-corrected chi connectivity index (χ2v) is 5.81. The van der Waals surface area contributed by atoms with E-state index >= 15 is 0 Å². The van der Waals surface area contributed by atoms with Gasteiger partial charge in [-0.05, 0) is 31.2 Å². The maximum Gasteiger partial charge on any atom is 0.324 e. The summed E-state index contributed by atoms with van der Waals surface area (Å²) < 4.78 is 5.75. The van der Waals surface area contributed by atoms with Crippen LogP contribution in [-0.2, 0) is 4.74 Å². The third-order valence-electron chi connectivity index (χ3n) is 4.20. The van der Waals surface area contributed by atoms with Crippen LogP contribution in [0, 0.1) is 0 Å². The van der Waals surface area contributed by atoms with Crippen molar-refractivity contribution in [3.63, 3.8) is 0 Å². The summed E-state index contributed by atoms with van der Waals surface area (Å²) in [4.78, 5) is 30.5. The number of anilines is 2. The highest BCUT2D eigenvalue weighted by atomic mass is 16.5. The number of carbonyl (C=O) groups is 2. The van der Waals surface area contributed by atoms with Gasteiger partial charge < -0.3 is 15.0 Å². The fourth-order valence-corrected chi connectivity index (χ4v) is 3.12. The predicted molar refractivity (Wildman–Crippen MR) is 87.6 cm³/mol. The predicted octanol–water partition coefficient (Wildman–Crippen LogP) is 2.60. The lowest BCUT2D eigenvalue weighted by Gasteiger charge is -2.19. The molecule has 122 valence electrons. The number of amides is 3. The third-order valence-corrected chi connectivity index (χ3v) is 4.20. The van der Waals surface area contributed by atoms with Gasteiger partial charge in [0, 0.05) is 17.3 Å². The summed E-state index contributed by atoms with van der Waals surface area (Å²) in [5, 5.41) is 5.45. The van der Waals surface area contributed by atoms with Gasteiger partial charge in [0.25, 0.3) is 5.91 Å². The minimum absolute atomic E-state index is 0.0186. The first-order valence-electron chi connectivity index (χ1n) is 7.71. The van der Waals surface area contributed by atoms with Crippen LogP contribution in [0.25, 0.3) is 0 Å². The molecule has 2 atom stereocenters. The van der Waals surface area contributed by atoms with Crippen LogP contribution in [0.2, 0.25) is 0 Å². The number of hydrogen-bond acceptors (Lipinski definition) is 4. The van der Waals surface area contributed by atoms with Gasteiger partial charge in [0.1, 0.15) is 5.82 Å². The van der Waals surface area contributed by atoms with Crippen molar-refractivity contribution < 1.29 is 14.3 Å². The molecule has 2 aromatic rings. The first-order chi connectivity index (χ1) is 11.6. The number of urea groups is 1. The van der Waals surface area contributed by atoms with Crippen molar-refractivity contribution in [3.05, 3.63) is 53.7 Å². The van der Waals surface area contributed by atoms with Crippen LogP contribution in [0.5, 0.6) is 0 Å². The summed E-state index contributed by atoms with van der Waals surface area (Å²) in [7, 11) is 0. The smallest absolute Gasteiger partial charge is 0.324 e. The number of fused-ring (bicyclic) bond motifs is 3. The quantitative estimate of drug-likeness (QED) is 0.889. The molecule has 1 aromatic carbocycles. The van der Waals surface area contributed by atoms with E-state index in [2.05, 4.69) is 15.6 Å². The molecule has 1 saturated heterocycles. The van der Waals surface area contributed by atoms with E-state index in [0.717, 1.165) is 0 Å². The van der Waals surface area contributed by atoms with Gasteiger partial charge in [-0.3, -0.25) is 10.1 Å². The molecule has 0 aliphatic carbocycles. The zero-order valence-corrected chi connectivity index (χ0v) is 13.0. The van der Waals surface area contributed by atoms with Crippen molar-refractivity contribution in [2.75, 3.05) is 17.2 Å². The Morgan fingerprint density at radius 1 is 1.25 bits per heavy atom. The molecule has 2 aliphatic heterocycles. The largest absolute Gasteiger partial charge is 0.352 e. The number of ether oxygens (including phenoxy) is 1. The molecule has 0 spiro atoms. The van der Waals surface area contributed by atoms with Gasteiger partial charge in [-0.15, -0.1) is 0 Å². The lowest BCUT2D eigenvalue weighted by Crippen LogP contribution is -2.31. The van der Waals surface area contributed by atoms with Crippen molar-refractivity contribution in [1.82, 2.24) is 9.88 Å². The van der Waals surface area contributed by atoms with Crippen LogP contribution in [0.4, 0.5) is 16.3 Å². The van der Waals surface area contributed by atoms with E-state index in [1.54, 1.807) is 47.5 Å². The number of hydrogen-bond donors (Lipinski definition) is 2. The molecule has 1 fully saturated rings. The highest BCUT2D eigenvalue weighted by Crippen LogP contribution is 2.43. The molecule has 24 heavy (non-hydrogen) atoms. The summed E-state index contributed by atoms with van der Waals surface area (Å²) >= 11 is 0. The molecule has 0 saturated carbocycles. The van der Waals surface area contributed by atoms with Gasteiger partial charge in [0.15, 0.2) is 6.23 Å². The Balaban J connectivity index is 1.60. The van der Waals surface area contributed by atoms with Crippen molar-refractivity contribution in [2.45, 2.75) is 19.2 Å². The van der Waals surface area contributed by atoms with Crippen LogP contribution in [0.3, 0.4) is 0 Å². The Morgan fingerprint density at radius 2 is 2.12 bits per heavy atom. The van der Waals surface area contributed by atoms with Gasteiger partial charge in [-0.25, -0.2) is 9.78 Å². The fourth-order valence-electron chi connectivity index (χ4n) is 3.12. The minimum atomic E-state index is -0.436. The number of benzene rings is 1. The molecule has 0 bridgehead atoms. The summed E-state index contributed by atoms with van der Waals surface area (Å²) in [5.41, 5.74) is 1.85. The number of rotatable bonds is 2. The summed E-state index contributed by atoms with van der Waals surface area (Å²) in [6.07, 6.45) is 1.16. The number of aromatic nitrogens is 1. The molecular weight excluding hydrogens is 308 g/mol. The first kappa shape index (κ1) is 14.6. The zero-order chi connectivity index (χ0) is 16.7. The Labute approximate surface area is 138 Å². The number of pyridine rings is 1. The lowest BCUT2D eigenvalue weighted by atomic mass is 10.1.